The van der Waals surface area contributed by atoms with E-state index in [0.29, 0.717) is 18.0 Å². The molecule has 0 fully saturated rings. The van der Waals surface area contributed by atoms with Gasteiger partial charge in [-0.2, -0.15) is 0 Å². The molecule has 1 N–H and O–H groups in total. The van der Waals surface area contributed by atoms with Crippen molar-refractivity contribution in [2.45, 2.75) is 51.8 Å². The van der Waals surface area contributed by atoms with Crippen LogP contribution in [0.5, 0.6) is 5.75 Å². The normalized spacial score (nSPS) is 12.7. The molecule has 0 aliphatic carbocycles. The predicted molar refractivity (Wildman–Crippen MR) is 133 cm³/mol. The first kappa shape index (κ1) is 23.1. The number of ether oxygens (including phenoxy) is 1. The van der Waals surface area contributed by atoms with E-state index >= 15 is 0 Å². The monoisotopic (exact) mass is 462 g/mol. The van der Waals surface area contributed by atoms with E-state index in [9.17, 15) is 8.42 Å². The largest absolute Gasteiger partial charge is 0.488 e. The Balaban J connectivity index is 1.51. The molecule has 1 atom stereocenters. The van der Waals surface area contributed by atoms with E-state index in [0.717, 1.165) is 38.9 Å². The molecule has 0 saturated carbocycles. The van der Waals surface area contributed by atoms with Gasteiger partial charge >= 0.3 is 0 Å². The quantitative estimate of drug-likeness (QED) is 0.375. The molecule has 0 saturated heterocycles. The van der Waals surface area contributed by atoms with Crippen molar-refractivity contribution >= 4 is 20.9 Å². The fourth-order valence-corrected chi connectivity index (χ4v) is 6.15. The van der Waals surface area contributed by atoms with Gasteiger partial charge in [-0.05, 0) is 62.6 Å². The van der Waals surface area contributed by atoms with Crippen LogP contribution in [0.4, 0.5) is 0 Å². The van der Waals surface area contributed by atoms with Gasteiger partial charge in [0.25, 0.3) is 0 Å². The van der Waals surface area contributed by atoms with Crippen LogP contribution in [0.25, 0.3) is 10.9 Å². The highest BCUT2D eigenvalue weighted by Gasteiger charge is 2.22. The Kier molecular flexibility index (Phi) is 6.58. The molecule has 5 nitrogen and oxygen atoms in total. The summed E-state index contributed by atoms with van der Waals surface area (Å²) in [5.74, 6) is 0.814. The second-order valence-electron chi connectivity index (χ2n) is 8.68. The first-order chi connectivity index (χ1) is 15.7. The number of nitrogens with zero attached hydrogens (tertiary/aromatic N) is 1. The molecule has 1 aromatic heterocycles. The van der Waals surface area contributed by atoms with Crippen molar-refractivity contribution in [1.82, 2.24) is 9.29 Å². The average molecular weight is 463 g/mol. The molecular formula is C27H30N2O3S. The van der Waals surface area contributed by atoms with Crippen molar-refractivity contribution in [2.24, 2.45) is 0 Å². The van der Waals surface area contributed by atoms with Crippen LogP contribution in [0.1, 0.15) is 29.2 Å². The zero-order chi connectivity index (χ0) is 23.6. The highest BCUT2D eigenvalue weighted by molar-refractivity contribution is 7.89. The lowest BCUT2D eigenvalue weighted by molar-refractivity contribution is 0.310. The Morgan fingerprint density at radius 2 is 1.64 bits per heavy atom. The molecule has 0 spiro atoms. The standard InChI is InChI=1S/C27H30N2O3S/c1-19-15-20(2)27(21(3)16-19)33(30,31)28-22(4)17-29-14-13-24-25(29)11-8-12-26(24)32-18-23-9-6-5-7-10-23/h5-16,22,28H,17-18H2,1-4H3. The number of aromatic nitrogens is 1. The molecule has 0 amide bonds. The molecular weight excluding hydrogens is 432 g/mol. The van der Waals surface area contributed by atoms with Crippen molar-refractivity contribution in [3.8, 4) is 5.75 Å². The molecule has 1 heterocycles. The lowest BCUT2D eigenvalue weighted by Gasteiger charge is -2.18. The van der Waals surface area contributed by atoms with Crippen LogP contribution in [-0.2, 0) is 23.2 Å². The Hall–Kier alpha value is -3.09. The van der Waals surface area contributed by atoms with Gasteiger partial charge in [-0.25, -0.2) is 13.1 Å². The summed E-state index contributed by atoms with van der Waals surface area (Å²) < 4.78 is 37.2. The van der Waals surface area contributed by atoms with E-state index in [-0.39, 0.29) is 6.04 Å². The first-order valence-corrected chi connectivity index (χ1v) is 12.6. The second-order valence-corrected chi connectivity index (χ2v) is 10.3. The van der Waals surface area contributed by atoms with Crippen LogP contribution in [0.15, 0.2) is 77.8 Å². The van der Waals surface area contributed by atoms with Crippen LogP contribution >= 0.6 is 0 Å². The van der Waals surface area contributed by atoms with Crippen molar-refractivity contribution in [2.75, 3.05) is 0 Å². The number of hydrogen-bond donors (Lipinski definition) is 1. The number of fused-ring (bicyclic) bond motifs is 1. The van der Waals surface area contributed by atoms with E-state index in [1.54, 1.807) is 0 Å². The van der Waals surface area contributed by atoms with Gasteiger partial charge in [-0.1, -0.05) is 54.1 Å². The van der Waals surface area contributed by atoms with Gasteiger partial charge in [-0.15, -0.1) is 0 Å². The minimum atomic E-state index is -3.63. The number of rotatable bonds is 8. The van der Waals surface area contributed by atoms with Crippen LogP contribution in [0.3, 0.4) is 0 Å². The third-order valence-electron chi connectivity index (χ3n) is 5.71. The van der Waals surface area contributed by atoms with E-state index < -0.39 is 10.0 Å². The summed E-state index contributed by atoms with van der Waals surface area (Å²) in [5.41, 5.74) is 4.70. The number of nitrogens with one attached hydrogen (secondary N) is 1. The van der Waals surface area contributed by atoms with Gasteiger partial charge in [0.1, 0.15) is 12.4 Å². The van der Waals surface area contributed by atoms with Gasteiger partial charge in [0.05, 0.1) is 10.4 Å². The van der Waals surface area contributed by atoms with E-state index in [1.807, 2.05) is 101 Å². The fourth-order valence-electron chi connectivity index (χ4n) is 4.46. The maximum atomic E-state index is 13.1. The van der Waals surface area contributed by atoms with Gasteiger partial charge in [0.15, 0.2) is 0 Å². The Morgan fingerprint density at radius 3 is 2.33 bits per heavy atom. The molecule has 4 aromatic rings. The SMILES string of the molecule is Cc1cc(C)c(S(=O)(=O)NC(C)Cn2ccc3c(OCc4ccccc4)cccc32)c(C)c1. The number of sulfonamides is 1. The molecule has 1 unspecified atom stereocenters. The fraction of sp³-hybridized carbons (Fsp3) is 0.259. The zero-order valence-electron chi connectivity index (χ0n) is 19.5. The molecule has 6 heteroatoms. The Bertz CT molecular complexity index is 1350. The molecule has 0 bridgehead atoms. The molecule has 33 heavy (non-hydrogen) atoms. The summed E-state index contributed by atoms with van der Waals surface area (Å²) in [6, 6.07) is 21.6. The molecule has 172 valence electrons. The Morgan fingerprint density at radius 1 is 0.939 bits per heavy atom. The molecule has 0 aliphatic rings. The smallest absolute Gasteiger partial charge is 0.241 e. The van der Waals surface area contributed by atoms with Crippen molar-refractivity contribution in [3.05, 3.63) is 95.2 Å². The molecule has 0 aliphatic heterocycles. The van der Waals surface area contributed by atoms with Crippen LogP contribution < -0.4 is 9.46 Å². The molecule has 4 rings (SSSR count). The van der Waals surface area contributed by atoms with Crippen molar-refractivity contribution in [3.63, 3.8) is 0 Å². The maximum absolute atomic E-state index is 13.1. The zero-order valence-corrected chi connectivity index (χ0v) is 20.3. The minimum Gasteiger partial charge on any atom is -0.488 e. The van der Waals surface area contributed by atoms with E-state index in [1.165, 1.54) is 0 Å². The van der Waals surface area contributed by atoms with Crippen LogP contribution in [-0.4, -0.2) is 19.0 Å². The Labute approximate surface area is 196 Å². The summed E-state index contributed by atoms with van der Waals surface area (Å²) in [6.45, 7) is 8.55. The lowest BCUT2D eigenvalue weighted by Crippen LogP contribution is -2.36. The lowest BCUT2D eigenvalue weighted by atomic mass is 10.1. The number of benzene rings is 3. The summed E-state index contributed by atoms with van der Waals surface area (Å²) in [6.07, 6.45) is 1.98. The highest BCUT2D eigenvalue weighted by Crippen LogP contribution is 2.28. The van der Waals surface area contributed by atoms with Gasteiger partial charge in [0.2, 0.25) is 10.0 Å². The minimum absolute atomic E-state index is 0.292. The number of hydrogen-bond acceptors (Lipinski definition) is 3. The van der Waals surface area contributed by atoms with E-state index in [2.05, 4.69) is 9.29 Å². The highest BCUT2D eigenvalue weighted by atomic mass is 32.2. The van der Waals surface area contributed by atoms with E-state index in [4.69, 9.17) is 4.74 Å². The summed E-state index contributed by atoms with van der Waals surface area (Å²) in [4.78, 5) is 0.369. The van der Waals surface area contributed by atoms with Crippen LogP contribution in [0, 0.1) is 20.8 Å². The maximum Gasteiger partial charge on any atom is 0.241 e. The topological polar surface area (TPSA) is 60.3 Å². The third-order valence-corrected chi connectivity index (χ3v) is 7.61. The molecule has 3 aromatic carbocycles. The van der Waals surface area contributed by atoms with Crippen molar-refractivity contribution < 1.29 is 13.2 Å². The summed E-state index contributed by atoms with van der Waals surface area (Å²) >= 11 is 0. The summed E-state index contributed by atoms with van der Waals surface area (Å²) in [7, 11) is -3.63. The predicted octanol–water partition coefficient (Wildman–Crippen LogP) is 5.51. The molecule has 0 radical (unpaired) electrons. The summed E-state index contributed by atoms with van der Waals surface area (Å²) in [5, 5.41) is 1.01. The second kappa shape index (κ2) is 9.41. The van der Waals surface area contributed by atoms with Crippen LogP contribution in [0.2, 0.25) is 0 Å². The van der Waals surface area contributed by atoms with Crippen molar-refractivity contribution in [1.29, 1.82) is 0 Å². The van der Waals surface area contributed by atoms with Gasteiger partial charge in [-0.3, -0.25) is 0 Å². The first-order valence-electron chi connectivity index (χ1n) is 11.1. The van der Waals surface area contributed by atoms with Gasteiger partial charge < -0.3 is 9.30 Å². The van der Waals surface area contributed by atoms with Gasteiger partial charge in [0, 0.05) is 24.2 Å². The third kappa shape index (κ3) is 5.13. The number of aryl methyl sites for hydroxylation is 3. The average Bonchev–Trinajstić information content (AvgIpc) is 3.14.